The average molecular weight is 219 g/mol. The zero-order chi connectivity index (χ0) is 9.84. The molecule has 2 nitrogen and oxygen atoms in total. The van der Waals surface area contributed by atoms with E-state index in [0.717, 1.165) is 5.56 Å². The predicted octanol–water partition coefficient (Wildman–Crippen LogP) is 2.43. The van der Waals surface area contributed by atoms with Crippen molar-refractivity contribution in [1.82, 2.24) is 10.6 Å². The van der Waals surface area contributed by atoms with Gasteiger partial charge in [0.1, 0.15) is 0 Å². The Morgan fingerprint density at radius 1 is 1.15 bits per heavy atom. The van der Waals surface area contributed by atoms with Crippen LogP contribution >= 0.6 is 23.2 Å². The quantitative estimate of drug-likeness (QED) is 0.763. The van der Waals surface area contributed by atoms with Crippen molar-refractivity contribution in [2.75, 3.05) is 14.1 Å². The van der Waals surface area contributed by atoms with Crippen LogP contribution in [0, 0.1) is 0 Å². The fraction of sp³-hybridized carbons (Fsp3) is 0.333. The maximum atomic E-state index is 6.02. The largest absolute Gasteiger partial charge is 0.301 e. The van der Waals surface area contributed by atoms with Gasteiger partial charge in [0, 0.05) is 15.6 Å². The Kier molecular flexibility index (Phi) is 4.00. The number of rotatable bonds is 3. The first-order valence-corrected chi connectivity index (χ1v) is 4.74. The van der Waals surface area contributed by atoms with E-state index >= 15 is 0 Å². The molecule has 1 aromatic rings. The third-order valence-electron chi connectivity index (χ3n) is 1.85. The van der Waals surface area contributed by atoms with E-state index in [2.05, 4.69) is 10.6 Å². The molecule has 0 heterocycles. The lowest BCUT2D eigenvalue weighted by Crippen LogP contribution is -2.28. The highest BCUT2D eigenvalue weighted by Gasteiger charge is 2.09. The summed E-state index contributed by atoms with van der Waals surface area (Å²) >= 11 is 11.8. The Balaban J connectivity index is 2.99. The van der Waals surface area contributed by atoms with Gasteiger partial charge >= 0.3 is 0 Å². The van der Waals surface area contributed by atoms with Crippen molar-refractivity contribution in [2.45, 2.75) is 6.17 Å². The molecule has 0 aliphatic carbocycles. The van der Waals surface area contributed by atoms with Gasteiger partial charge in [-0.25, -0.2) is 0 Å². The van der Waals surface area contributed by atoms with Gasteiger partial charge in [0.05, 0.1) is 6.17 Å². The molecule has 1 rings (SSSR count). The van der Waals surface area contributed by atoms with Gasteiger partial charge in [-0.05, 0) is 26.2 Å². The summed E-state index contributed by atoms with van der Waals surface area (Å²) in [7, 11) is 3.73. The lowest BCUT2D eigenvalue weighted by Gasteiger charge is -2.16. The summed E-state index contributed by atoms with van der Waals surface area (Å²) in [6.45, 7) is 0. The summed E-state index contributed by atoms with van der Waals surface area (Å²) in [5.74, 6) is 0. The summed E-state index contributed by atoms with van der Waals surface area (Å²) < 4.78 is 0. The van der Waals surface area contributed by atoms with E-state index in [1.165, 1.54) is 0 Å². The van der Waals surface area contributed by atoms with Crippen molar-refractivity contribution in [1.29, 1.82) is 0 Å². The molecule has 1 aromatic carbocycles. The minimum Gasteiger partial charge on any atom is -0.301 e. The van der Waals surface area contributed by atoms with Gasteiger partial charge in [-0.3, -0.25) is 0 Å². The molecule has 0 unspecified atom stereocenters. The summed E-state index contributed by atoms with van der Waals surface area (Å²) in [5, 5.41) is 7.50. The Morgan fingerprint density at radius 2 is 1.77 bits per heavy atom. The normalized spacial score (nSPS) is 10.8. The fourth-order valence-corrected chi connectivity index (χ4v) is 1.71. The van der Waals surface area contributed by atoms with Crippen LogP contribution in [0.4, 0.5) is 0 Å². The Hall–Kier alpha value is -0.280. The van der Waals surface area contributed by atoms with Crippen LogP contribution in [0.5, 0.6) is 0 Å². The van der Waals surface area contributed by atoms with E-state index in [9.17, 15) is 0 Å². The summed E-state index contributed by atoms with van der Waals surface area (Å²) in [5.41, 5.74) is 0.996. The number of hydrogen-bond acceptors (Lipinski definition) is 2. The van der Waals surface area contributed by atoms with Gasteiger partial charge in [0.2, 0.25) is 0 Å². The van der Waals surface area contributed by atoms with Crippen molar-refractivity contribution in [3.8, 4) is 0 Å². The Labute approximate surface area is 88.2 Å². The third kappa shape index (κ3) is 2.58. The molecule has 0 spiro atoms. The molecule has 0 radical (unpaired) electrons. The first-order chi connectivity index (χ1) is 6.19. The van der Waals surface area contributed by atoms with E-state index in [1.54, 1.807) is 6.07 Å². The number of halogens is 2. The third-order valence-corrected chi connectivity index (χ3v) is 2.41. The van der Waals surface area contributed by atoms with Crippen molar-refractivity contribution in [2.24, 2.45) is 0 Å². The fourth-order valence-electron chi connectivity index (χ4n) is 1.19. The van der Waals surface area contributed by atoms with Crippen molar-refractivity contribution in [3.05, 3.63) is 33.8 Å². The monoisotopic (exact) mass is 218 g/mol. The van der Waals surface area contributed by atoms with E-state index in [-0.39, 0.29) is 6.17 Å². The van der Waals surface area contributed by atoms with Gasteiger partial charge < -0.3 is 10.6 Å². The van der Waals surface area contributed by atoms with Gasteiger partial charge in [-0.2, -0.15) is 0 Å². The Morgan fingerprint density at radius 3 is 2.23 bits per heavy atom. The summed E-state index contributed by atoms with van der Waals surface area (Å²) in [6, 6.07) is 5.47. The molecule has 0 saturated carbocycles. The lowest BCUT2D eigenvalue weighted by molar-refractivity contribution is 0.520. The standard InChI is InChI=1S/C9H12Cl2N2/c1-12-9(13-2)7-4-3-6(10)5-8(7)11/h3-5,9,12-13H,1-2H3. The van der Waals surface area contributed by atoms with Crippen LogP contribution in [0.15, 0.2) is 18.2 Å². The highest BCUT2D eigenvalue weighted by atomic mass is 35.5. The van der Waals surface area contributed by atoms with Crippen LogP contribution in [-0.4, -0.2) is 14.1 Å². The van der Waals surface area contributed by atoms with Crippen molar-refractivity contribution in [3.63, 3.8) is 0 Å². The van der Waals surface area contributed by atoms with Crippen LogP contribution in [0.1, 0.15) is 11.7 Å². The van der Waals surface area contributed by atoms with E-state index in [1.807, 2.05) is 26.2 Å². The number of nitrogens with one attached hydrogen (secondary N) is 2. The predicted molar refractivity (Wildman–Crippen MR) is 57.3 cm³/mol. The van der Waals surface area contributed by atoms with Crippen LogP contribution in [-0.2, 0) is 0 Å². The van der Waals surface area contributed by atoms with E-state index in [0.29, 0.717) is 10.0 Å². The van der Waals surface area contributed by atoms with Gasteiger partial charge in [0.25, 0.3) is 0 Å². The molecule has 0 aliphatic rings. The van der Waals surface area contributed by atoms with Crippen molar-refractivity contribution < 1.29 is 0 Å². The van der Waals surface area contributed by atoms with Crippen molar-refractivity contribution >= 4 is 23.2 Å². The van der Waals surface area contributed by atoms with Gasteiger partial charge in [-0.15, -0.1) is 0 Å². The topological polar surface area (TPSA) is 24.1 Å². The first-order valence-electron chi connectivity index (χ1n) is 3.98. The lowest BCUT2D eigenvalue weighted by atomic mass is 10.2. The molecule has 0 aliphatic heterocycles. The molecular formula is C9H12Cl2N2. The summed E-state index contributed by atoms with van der Waals surface area (Å²) in [6.07, 6.45) is 0.0600. The van der Waals surface area contributed by atoms with E-state index < -0.39 is 0 Å². The molecule has 13 heavy (non-hydrogen) atoms. The van der Waals surface area contributed by atoms with Crippen LogP contribution in [0.3, 0.4) is 0 Å². The molecule has 4 heteroatoms. The second-order valence-electron chi connectivity index (χ2n) is 2.68. The van der Waals surface area contributed by atoms with Gasteiger partial charge in [-0.1, -0.05) is 29.3 Å². The minimum absolute atomic E-state index is 0.0600. The first kappa shape index (κ1) is 10.8. The SMILES string of the molecule is CNC(NC)c1ccc(Cl)cc1Cl. The maximum Gasteiger partial charge on any atom is 0.0845 e. The average Bonchev–Trinajstić information content (AvgIpc) is 2.10. The zero-order valence-electron chi connectivity index (χ0n) is 7.57. The molecule has 72 valence electrons. The molecule has 2 N–H and O–H groups in total. The van der Waals surface area contributed by atoms with Gasteiger partial charge in [0.15, 0.2) is 0 Å². The Bertz CT molecular complexity index is 285. The highest BCUT2D eigenvalue weighted by Crippen LogP contribution is 2.24. The zero-order valence-corrected chi connectivity index (χ0v) is 9.08. The van der Waals surface area contributed by atoms with Crippen LogP contribution < -0.4 is 10.6 Å². The molecule has 0 fully saturated rings. The molecule has 0 atom stereocenters. The summed E-state index contributed by atoms with van der Waals surface area (Å²) in [4.78, 5) is 0. The smallest absolute Gasteiger partial charge is 0.0845 e. The number of benzene rings is 1. The number of hydrogen-bond donors (Lipinski definition) is 2. The molecular weight excluding hydrogens is 207 g/mol. The highest BCUT2D eigenvalue weighted by molar-refractivity contribution is 6.35. The second-order valence-corrected chi connectivity index (χ2v) is 3.52. The maximum absolute atomic E-state index is 6.02. The molecule has 0 amide bonds. The molecule has 0 saturated heterocycles. The second kappa shape index (κ2) is 4.82. The van der Waals surface area contributed by atoms with Crippen LogP contribution in [0.2, 0.25) is 10.0 Å². The van der Waals surface area contributed by atoms with Crippen LogP contribution in [0.25, 0.3) is 0 Å². The minimum atomic E-state index is 0.0600. The molecule has 0 bridgehead atoms. The molecule has 0 aromatic heterocycles. The van der Waals surface area contributed by atoms with E-state index in [4.69, 9.17) is 23.2 Å².